The number of fused-ring (bicyclic) bond motifs is 2. The summed E-state index contributed by atoms with van der Waals surface area (Å²) in [5.41, 5.74) is 3.74. The molecule has 1 atom stereocenters. The molecule has 0 saturated carbocycles. The van der Waals surface area contributed by atoms with Crippen LogP contribution in [0.25, 0.3) is 5.65 Å². The average molecular weight is 392 g/mol. The van der Waals surface area contributed by atoms with Crippen molar-refractivity contribution in [1.29, 1.82) is 0 Å². The molecular formula is C20H24N8O. The Kier molecular flexibility index (Phi) is 4.31. The van der Waals surface area contributed by atoms with Gasteiger partial charge >= 0.3 is 6.03 Å². The standard InChI is InChI=1S/C20H24N8O/c1-13-12-26(10-7-21-13)17-3-6-22-19-16(17)5-8-27(19)20(29)24-15-4-9-28-18(11-15)23-14(2)25-28/h3-4,6,9,11,13,21H,5,7-8,10,12H2,1-2H3,(H,24,29)/t13-/m1/s1. The van der Waals surface area contributed by atoms with E-state index in [1.807, 2.05) is 19.1 Å². The zero-order valence-corrected chi connectivity index (χ0v) is 16.6. The number of anilines is 3. The molecule has 29 heavy (non-hydrogen) atoms. The molecule has 3 aromatic rings. The number of carbonyl (C=O) groups excluding carboxylic acids is 1. The highest BCUT2D eigenvalue weighted by molar-refractivity contribution is 6.03. The third-order valence-electron chi connectivity index (χ3n) is 5.50. The Hall–Kier alpha value is -3.20. The van der Waals surface area contributed by atoms with Crippen molar-refractivity contribution in [2.24, 2.45) is 0 Å². The molecule has 0 aromatic carbocycles. The van der Waals surface area contributed by atoms with Gasteiger partial charge in [0.15, 0.2) is 5.65 Å². The van der Waals surface area contributed by atoms with Gasteiger partial charge in [-0.05, 0) is 32.4 Å². The van der Waals surface area contributed by atoms with Crippen molar-refractivity contribution in [3.8, 4) is 0 Å². The monoisotopic (exact) mass is 392 g/mol. The van der Waals surface area contributed by atoms with Gasteiger partial charge in [-0.1, -0.05) is 0 Å². The van der Waals surface area contributed by atoms with Gasteiger partial charge in [0.25, 0.3) is 0 Å². The molecule has 1 fully saturated rings. The lowest BCUT2D eigenvalue weighted by molar-refractivity contribution is 0.257. The minimum atomic E-state index is -0.178. The fourth-order valence-corrected chi connectivity index (χ4v) is 4.18. The van der Waals surface area contributed by atoms with Crippen LogP contribution in [-0.2, 0) is 6.42 Å². The highest BCUT2D eigenvalue weighted by atomic mass is 16.2. The summed E-state index contributed by atoms with van der Waals surface area (Å²) in [6.07, 6.45) is 4.41. The number of rotatable bonds is 2. The second-order valence-electron chi connectivity index (χ2n) is 7.64. The Labute approximate surface area is 168 Å². The Morgan fingerprint density at radius 3 is 3.07 bits per heavy atom. The molecule has 0 bridgehead atoms. The Bertz CT molecular complexity index is 1080. The number of aryl methyl sites for hydroxylation is 1. The van der Waals surface area contributed by atoms with Crippen LogP contribution < -0.4 is 20.4 Å². The summed E-state index contributed by atoms with van der Waals surface area (Å²) in [6.45, 7) is 7.55. The number of carbonyl (C=O) groups is 1. The number of hydrogen-bond donors (Lipinski definition) is 2. The first-order valence-electron chi connectivity index (χ1n) is 9.96. The van der Waals surface area contributed by atoms with Crippen molar-refractivity contribution < 1.29 is 4.79 Å². The largest absolute Gasteiger partial charge is 0.368 e. The molecule has 5 rings (SSSR count). The normalized spacial score (nSPS) is 18.9. The van der Waals surface area contributed by atoms with E-state index in [2.05, 4.69) is 43.6 Å². The summed E-state index contributed by atoms with van der Waals surface area (Å²) in [5.74, 6) is 1.45. The molecule has 150 valence electrons. The van der Waals surface area contributed by atoms with Crippen molar-refractivity contribution in [1.82, 2.24) is 24.9 Å². The van der Waals surface area contributed by atoms with Gasteiger partial charge in [0.05, 0.1) is 0 Å². The third-order valence-corrected chi connectivity index (χ3v) is 5.50. The molecule has 0 spiro atoms. The molecule has 5 heterocycles. The smallest absolute Gasteiger partial charge is 0.327 e. The molecule has 2 aliphatic rings. The summed E-state index contributed by atoms with van der Waals surface area (Å²) >= 11 is 0. The SMILES string of the molecule is Cc1nc2cc(NC(=O)N3CCc4c(N5CCN[C@H](C)C5)ccnc43)ccn2n1. The van der Waals surface area contributed by atoms with E-state index < -0.39 is 0 Å². The van der Waals surface area contributed by atoms with Crippen LogP contribution in [0, 0.1) is 6.92 Å². The van der Waals surface area contributed by atoms with Gasteiger partial charge in [-0.25, -0.2) is 19.3 Å². The predicted molar refractivity (Wildman–Crippen MR) is 112 cm³/mol. The quantitative estimate of drug-likeness (QED) is 0.691. The van der Waals surface area contributed by atoms with Crippen LogP contribution >= 0.6 is 0 Å². The molecule has 0 radical (unpaired) electrons. The average Bonchev–Trinajstić information content (AvgIpc) is 3.30. The maximum absolute atomic E-state index is 13.0. The van der Waals surface area contributed by atoms with Crippen molar-refractivity contribution in [2.75, 3.05) is 41.3 Å². The van der Waals surface area contributed by atoms with Crippen molar-refractivity contribution >= 4 is 28.9 Å². The number of amides is 2. The van der Waals surface area contributed by atoms with Crippen LogP contribution in [0.4, 0.5) is 22.0 Å². The van der Waals surface area contributed by atoms with Crippen LogP contribution in [0.3, 0.4) is 0 Å². The van der Waals surface area contributed by atoms with E-state index >= 15 is 0 Å². The van der Waals surface area contributed by atoms with E-state index in [-0.39, 0.29) is 6.03 Å². The minimum Gasteiger partial charge on any atom is -0.368 e. The second kappa shape index (κ2) is 7.00. The van der Waals surface area contributed by atoms with Gasteiger partial charge < -0.3 is 15.5 Å². The number of urea groups is 1. The van der Waals surface area contributed by atoms with Gasteiger partial charge in [-0.2, -0.15) is 5.10 Å². The molecule has 2 aliphatic heterocycles. The highest BCUT2D eigenvalue weighted by Crippen LogP contribution is 2.34. The predicted octanol–water partition coefficient (Wildman–Crippen LogP) is 1.83. The van der Waals surface area contributed by atoms with Crippen molar-refractivity contribution in [3.63, 3.8) is 0 Å². The molecule has 3 aromatic heterocycles. The number of nitrogens with one attached hydrogen (secondary N) is 2. The maximum Gasteiger partial charge on any atom is 0.327 e. The minimum absolute atomic E-state index is 0.178. The molecule has 9 heteroatoms. The van der Waals surface area contributed by atoms with Gasteiger partial charge in [-0.15, -0.1) is 0 Å². The summed E-state index contributed by atoms with van der Waals surface area (Å²) in [5, 5.41) is 10.7. The highest BCUT2D eigenvalue weighted by Gasteiger charge is 2.30. The lowest BCUT2D eigenvalue weighted by Crippen LogP contribution is -2.49. The van der Waals surface area contributed by atoms with Crippen molar-refractivity contribution in [2.45, 2.75) is 26.3 Å². The number of hydrogen-bond acceptors (Lipinski definition) is 6. The fraction of sp³-hybridized carbons (Fsp3) is 0.400. The van der Waals surface area contributed by atoms with E-state index in [0.717, 1.165) is 37.4 Å². The van der Waals surface area contributed by atoms with Gasteiger partial charge in [0, 0.05) is 67.6 Å². The Balaban J connectivity index is 1.38. The van der Waals surface area contributed by atoms with Gasteiger partial charge in [0.1, 0.15) is 11.6 Å². The second-order valence-corrected chi connectivity index (χ2v) is 7.64. The molecule has 2 amide bonds. The Morgan fingerprint density at radius 1 is 1.31 bits per heavy atom. The lowest BCUT2D eigenvalue weighted by Gasteiger charge is -2.34. The van der Waals surface area contributed by atoms with Crippen LogP contribution in [0.2, 0.25) is 0 Å². The van der Waals surface area contributed by atoms with E-state index in [1.165, 1.54) is 5.69 Å². The Morgan fingerprint density at radius 2 is 2.21 bits per heavy atom. The van der Waals surface area contributed by atoms with E-state index in [1.54, 1.807) is 21.8 Å². The van der Waals surface area contributed by atoms with Gasteiger partial charge in [-0.3, -0.25) is 4.90 Å². The zero-order valence-electron chi connectivity index (χ0n) is 16.6. The fourth-order valence-electron chi connectivity index (χ4n) is 4.18. The molecular weight excluding hydrogens is 368 g/mol. The summed E-state index contributed by atoms with van der Waals surface area (Å²) < 4.78 is 1.69. The van der Waals surface area contributed by atoms with E-state index in [4.69, 9.17) is 0 Å². The number of piperazine rings is 1. The topological polar surface area (TPSA) is 90.7 Å². The van der Waals surface area contributed by atoms with E-state index in [9.17, 15) is 4.79 Å². The third kappa shape index (κ3) is 3.27. The van der Waals surface area contributed by atoms with Crippen LogP contribution in [0.1, 0.15) is 18.3 Å². The lowest BCUT2D eigenvalue weighted by atomic mass is 10.1. The van der Waals surface area contributed by atoms with Crippen molar-refractivity contribution in [3.05, 3.63) is 42.0 Å². The molecule has 1 saturated heterocycles. The number of nitrogens with zero attached hydrogens (tertiary/aromatic N) is 6. The maximum atomic E-state index is 13.0. The first-order valence-corrected chi connectivity index (χ1v) is 9.96. The van der Waals surface area contributed by atoms with Crippen LogP contribution in [0.15, 0.2) is 30.6 Å². The summed E-state index contributed by atoms with van der Waals surface area (Å²) in [7, 11) is 0. The van der Waals surface area contributed by atoms with Crippen LogP contribution in [0.5, 0.6) is 0 Å². The van der Waals surface area contributed by atoms with Crippen LogP contribution in [-0.4, -0.2) is 57.8 Å². The summed E-state index contributed by atoms with van der Waals surface area (Å²) in [4.78, 5) is 26.0. The number of pyridine rings is 2. The first-order chi connectivity index (χ1) is 14.1. The van der Waals surface area contributed by atoms with E-state index in [0.29, 0.717) is 29.7 Å². The molecule has 0 aliphatic carbocycles. The molecule has 9 nitrogen and oxygen atoms in total. The molecule has 0 unspecified atom stereocenters. The number of aromatic nitrogens is 4. The first kappa shape index (κ1) is 17.9. The summed E-state index contributed by atoms with van der Waals surface area (Å²) in [6, 6.07) is 5.98. The molecule has 2 N–H and O–H groups in total. The zero-order chi connectivity index (χ0) is 20.0. The van der Waals surface area contributed by atoms with Gasteiger partial charge in [0.2, 0.25) is 0 Å².